The summed E-state index contributed by atoms with van der Waals surface area (Å²) in [5.74, 6) is 3.04. The molecule has 3 atom stereocenters. The molecule has 2 aliphatic heterocycles. The minimum absolute atomic E-state index is 0.0591. The Balaban J connectivity index is 0.899. The van der Waals surface area contributed by atoms with E-state index in [2.05, 4.69) is 207 Å². The van der Waals surface area contributed by atoms with Crippen LogP contribution in [0.25, 0.3) is 85.3 Å². The van der Waals surface area contributed by atoms with E-state index in [-0.39, 0.29) is 18.1 Å². The number of amidine groups is 1. The van der Waals surface area contributed by atoms with Crippen molar-refractivity contribution in [2.75, 3.05) is 4.90 Å². The molecule has 4 aliphatic rings. The van der Waals surface area contributed by atoms with Crippen LogP contribution in [0.4, 0.5) is 5.69 Å². The number of aromatic nitrogens is 6. The van der Waals surface area contributed by atoms with Gasteiger partial charge in [-0.3, -0.25) is 4.57 Å². The van der Waals surface area contributed by atoms with Crippen LogP contribution < -0.4 is 4.90 Å². The van der Waals surface area contributed by atoms with Crippen LogP contribution in [-0.4, -0.2) is 40.5 Å². The molecule has 0 N–H and O–H groups in total. The van der Waals surface area contributed by atoms with Crippen LogP contribution in [0, 0.1) is 0 Å². The molecule has 3 unspecified atom stereocenters. The molecule has 2 aliphatic carbocycles. The van der Waals surface area contributed by atoms with Gasteiger partial charge in [-0.15, -0.1) is 0 Å². The molecule has 334 valence electrons. The fraction of sp³-hybridized carbons (Fsp3) is 0.0968. The number of fused-ring (bicyclic) bond motifs is 9. The van der Waals surface area contributed by atoms with Crippen molar-refractivity contribution in [1.29, 1.82) is 0 Å². The van der Waals surface area contributed by atoms with Crippen molar-refractivity contribution in [2.24, 2.45) is 4.99 Å². The zero-order valence-corrected chi connectivity index (χ0v) is 38.3. The van der Waals surface area contributed by atoms with E-state index in [1.165, 1.54) is 55.3 Å². The number of rotatable bonds is 7. The zero-order valence-electron chi connectivity index (χ0n) is 38.3. The van der Waals surface area contributed by atoms with Crippen molar-refractivity contribution in [2.45, 2.75) is 37.4 Å². The minimum atomic E-state index is -0.145. The first-order valence-corrected chi connectivity index (χ1v) is 24.3. The predicted molar refractivity (Wildman–Crippen MR) is 287 cm³/mol. The molecule has 8 heteroatoms. The van der Waals surface area contributed by atoms with Crippen molar-refractivity contribution >= 4 is 62.5 Å². The number of benzene rings is 6. The second-order valence-electron chi connectivity index (χ2n) is 18.5. The molecule has 6 aromatic carbocycles. The van der Waals surface area contributed by atoms with Gasteiger partial charge in [-0.25, -0.2) is 9.98 Å². The van der Waals surface area contributed by atoms with Gasteiger partial charge in [-0.2, -0.15) is 9.97 Å². The number of hydrogen-bond acceptors (Lipinski definition) is 5. The van der Waals surface area contributed by atoms with Crippen molar-refractivity contribution < 1.29 is 0 Å². The van der Waals surface area contributed by atoms with Gasteiger partial charge in [-0.1, -0.05) is 176 Å². The van der Waals surface area contributed by atoms with Crippen LogP contribution in [0.5, 0.6) is 0 Å². The molecule has 0 fully saturated rings. The summed E-state index contributed by atoms with van der Waals surface area (Å²) in [6.45, 7) is 0. The molecular weight excluding hydrogens is 857 g/mol. The Bertz CT molecular complexity index is 3820. The number of aliphatic imine (C=N–C) groups is 1. The standard InChI is InChI=1S/C62H46N8/c1-4-19-41(20-5-1)60-64-61(42-21-6-2-7-22-42)66-62(65-60)69-54-32-17-13-28-50(54)58-55(69)38-37-49-48-27-12-16-31-53(48)70(59(49)58)57-34-18-33-56(63-57)68-40-44(47-26-11-15-30-52(47)68)36-35-43-39-67(45-23-8-3-9-24-45)51-29-14-10-25-46(43)51/h1-16,18-31,34-40,48,53,56H,17,32-33H2/b36-35-. The van der Waals surface area contributed by atoms with Crippen molar-refractivity contribution in [3.63, 3.8) is 0 Å². The molecule has 70 heavy (non-hydrogen) atoms. The van der Waals surface area contributed by atoms with E-state index in [0.29, 0.717) is 17.6 Å². The third kappa shape index (κ3) is 6.51. The summed E-state index contributed by atoms with van der Waals surface area (Å²) >= 11 is 0. The van der Waals surface area contributed by atoms with E-state index in [1.807, 2.05) is 36.4 Å². The lowest BCUT2D eigenvalue weighted by atomic mass is 9.90. The highest BCUT2D eigenvalue weighted by Gasteiger charge is 2.42. The first-order chi connectivity index (χ1) is 34.7. The average Bonchev–Trinajstić information content (AvgIpc) is 4.19. The lowest BCUT2D eigenvalue weighted by Gasteiger charge is -2.31. The van der Waals surface area contributed by atoms with Crippen LogP contribution >= 0.6 is 0 Å². The molecule has 10 aromatic rings. The Labute approximate surface area is 405 Å². The lowest BCUT2D eigenvalue weighted by molar-refractivity contribution is 0.542. The second-order valence-corrected chi connectivity index (χ2v) is 18.5. The highest BCUT2D eigenvalue weighted by Crippen LogP contribution is 2.51. The molecule has 0 saturated heterocycles. The average molecular weight is 903 g/mol. The van der Waals surface area contributed by atoms with E-state index in [1.54, 1.807) is 0 Å². The fourth-order valence-corrected chi connectivity index (χ4v) is 11.3. The van der Waals surface area contributed by atoms with Crippen molar-refractivity contribution in [3.8, 4) is 34.4 Å². The highest BCUT2D eigenvalue weighted by atomic mass is 15.3. The Hall–Kier alpha value is -8.88. The largest absolute Gasteiger partial charge is 0.324 e. The van der Waals surface area contributed by atoms with Crippen molar-refractivity contribution in [3.05, 3.63) is 235 Å². The van der Waals surface area contributed by atoms with Gasteiger partial charge >= 0.3 is 0 Å². The first kappa shape index (κ1) is 40.2. The van der Waals surface area contributed by atoms with E-state index < -0.39 is 0 Å². The number of hydrogen-bond donors (Lipinski definition) is 0. The van der Waals surface area contributed by atoms with Crippen LogP contribution in [0.15, 0.2) is 212 Å². The number of allylic oxidation sites excluding steroid dienone is 3. The summed E-state index contributed by atoms with van der Waals surface area (Å²) in [6, 6.07) is 53.1. The Morgan fingerprint density at radius 3 is 1.99 bits per heavy atom. The Morgan fingerprint density at radius 1 is 0.571 bits per heavy atom. The molecule has 6 heterocycles. The summed E-state index contributed by atoms with van der Waals surface area (Å²) in [7, 11) is 0. The van der Waals surface area contributed by atoms with Gasteiger partial charge in [0.25, 0.3) is 0 Å². The van der Waals surface area contributed by atoms with Gasteiger partial charge in [0.15, 0.2) is 11.6 Å². The quantitative estimate of drug-likeness (QED) is 0.160. The van der Waals surface area contributed by atoms with Gasteiger partial charge in [0.1, 0.15) is 12.0 Å². The van der Waals surface area contributed by atoms with E-state index in [0.717, 1.165) is 53.0 Å². The van der Waals surface area contributed by atoms with Crippen LogP contribution in [-0.2, 0) is 6.42 Å². The number of dihydropyridines is 1. The molecular formula is C62H46N8. The molecule has 0 radical (unpaired) electrons. The fourth-order valence-electron chi connectivity index (χ4n) is 11.3. The van der Waals surface area contributed by atoms with E-state index in [4.69, 9.17) is 19.9 Å². The van der Waals surface area contributed by atoms with Gasteiger partial charge < -0.3 is 14.0 Å². The third-order valence-corrected chi connectivity index (χ3v) is 14.5. The molecule has 0 amide bonds. The second kappa shape index (κ2) is 16.4. The summed E-state index contributed by atoms with van der Waals surface area (Å²) in [4.78, 5) is 23.8. The van der Waals surface area contributed by atoms with Gasteiger partial charge in [-0.05, 0) is 54.8 Å². The highest BCUT2D eigenvalue weighted by molar-refractivity contribution is 6.16. The monoisotopic (exact) mass is 902 g/mol. The molecule has 8 nitrogen and oxygen atoms in total. The number of nitrogens with zero attached hydrogens (tertiary/aromatic N) is 8. The third-order valence-electron chi connectivity index (χ3n) is 14.5. The SMILES string of the molecule is C1=CC2c3ccc4c(c5c(n4-c4nc(-c6ccccc6)nc(-c6ccccc6)n4)CCC=C5)c3N(C3=NC(n4cc(/C=C\c5cn(-c6ccccc6)c6ccccc56)c5ccccc54)CC=C3)C2C=C1. The minimum Gasteiger partial charge on any atom is -0.324 e. The molecule has 0 spiro atoms. The smallest absolute Gasteiger partial charge is 0.238 e. The first-order valence-electron chi connectivity index (χ1n) is 24.3. The number of para-hydroxylation sites is 3. The van der Waals surface area contributed by atoms with Gasteiger partial charge in [0, 0.05) is 80.1 Å². The van der Waals surface area contributed by atoms with Crippen LogP contribution in [0.2, 0.25) is 0 Å². The molecule has 0 saturated carbocycles. The Morgan fingerprint density at radius 2 is 1.23 bits per heavy atom. The molecule has 0 bridgehead atoms. The van der Waals surface area contributed by atoms with Crippen LogP contribution in [0.3, 0.4) is 0 Å². The Kier molecular flexibility index (Phi) is 9.43. The maximum atomic E-state index is 5.73. The van der Waals surface area contributed by atoms with Crippen LogP contribution in [0.1, 0.15) is 52.9 Å². The van der Waals surface area contributed by atoms with Gasteiger partial charge in [0.2, 0.25) is 5.95 Å². The van der Waals surface area contributed by atoms with E-state index in [9.17, 15) is 0 Å². The zero-order chi connectivity index (χ0) is 46.1. The predicted octanol–water partition coefficient (Wildman–Crippen LogP) is 14.1. The summed E-state index contributed by atoms with van der Waals surface area (Å²) < 4.78 is 6.98. The molecule has 14 rings (SSSR count). The van der Waals surface area contributed by atoms with E-state index >= 15 is 0 Å². The van der Waals surface area contributed by atoms with Crippen molar-refractivity contribution in [1.82, 2.24) is 28.7 Å². The number of anilines is 1. The topological polar surface area (TPSA) is 69.1 Å². The maximum absolute atomic E-state index is 5.73. The summed E-state index contributed by atoms with van der Waals surface area (Å²) in [5, 5.41) is 3.62. The maximum Gasteiger partial charge on any atom is 0.238 e. The normalized spacial score (nSPS) is 18.0. The summed E-state index contributed by atoms with van der Waals surface area (Å²) in [5.41, 5.74) is 13.7. The van der Waals surface area contributed by atoms with Gasteiger partial charge in [0.05, 0.1) is 28.3 Å². The summed E-state index contributed by atoms with van der Waals surface area (Å²) in [6.07, 6.45) is 29.8. The lowest BCUT2D eigenvalue weighted by Crippen LogP contribution is -2.38. The molecule has 4 aromatic heterocycles.